The topological polar surface area (TPSA) is 188 Å². The molecule has 1 saturated heterocycles. The number of pyridine rings is 1. The van der Waals surface area contributed by atoms with Gasteiger partial charge in [-0.3, -0.25) is 24.8 Å². The highest BCUT2D eigenvalue weighted by molar-refractivity contribution is 7.89. The van der Waals surface area contributed by atoms with Crippen LogP contribution in [0, 0.1) is 5.41 Å². The number of anilines is 1. The Balaban J connectivity index is 1.55. The predicted octanol–water partition coefficient (Wildman–Crippen LogP) is -0.959. The van der Waals surface area contributed by atoms with Gasteiger partial charge in [0.1, 0.15) is 16.8 Å². The van der Waals surface area contributed by atoms with Gasteiger partial charge in [-0.15, -0.1) is 0 Å². The van der Waals surface area contributed by atoms with Gasteiger partial charge in [0.05, 0.1) is 19.7 Å². The fraction of sp³-hybridized carbons (Fsp3) is 0.348. The summed E-state index contributed by atoms with van der Waals surface area (Å²) in [6, 6.07) is 8.32. The number of carbonyl (C=O) groups is 3. The molecule has 0 spiro atoms. The highest BCUT2D eigenvalue weighted by Gasteiger charge is 2.29. The molecule has 0 aliphatic carbocycles. The van der Waals surface area contributed by atoms with Gasteiger partial charge in [0.25, 0.3) is 0 Å². The largest absolute Gasteiger partial charge is 0.465 e. The highest BCUT2D eigenvalue weighted by Crippen LogP contribution is 2.18. The summed E-state index contributed by atoms with van der Waals surface area (Å²) in [4.78, 5) is 44.4. The molecule has 2 aromatic rings. The maximum absolute atomic E-state index is 12.6. The number of amidine groups is 1. The zero-order valence-corrected chi connectivity index (χ0v) is 21.0. The third kappa shape index (κ3) is 7.47. The van der Waals surface area contributed by atoms with Gasteiger partial charge in [0.15, 0.2) is 0 Å². The summed E-state index contributed by atoms with van der Waals surface area (Å²) in [5.41, 5.74) is 6.84. The summed E-state index contributed by atoms with van der Waals surface area (Å²) >= 11 is 0. The van der Waals surface area contributed by atoms with Crippen LogP contribution >= 0.6 is 0 Å². The van der Waals surface area contributed by atoms with Crippen LogP contribution in [0.2, 0.25) is 0 Å². The Morgan fingerprint density at radius 2 is 1.95 bits per heavy atom. The summed E-state index contributed by atoms with van der Waals surface area (Å²) in [6.45, 7) is 1.81. The Labute approximate surface area is 214 Å². The number of nitrogens with two attached hydrogens (primary N) is 1. The summed E-state index contributed by atoms with van der Waals surface area (Å²) in [5.74, 6) is -1.72. The number of amides is 2. The van der Waals surface area contributed by atoms with Crippen molar-refractivity contribution in [2.75, 3.05) is 44.2 Å². The number of ether oxygens (including phenoxy) is 1. The molecular weight excluding hydrogens is 502 g/mol. The number of nitrogen functional groups attached to an aromatic ring is 1. The van der Waals surface area contributed by atoms with E-state index in [-0.39, 0.29) is 49.4 Å². The van der Waals surface area contributed by atoms with E-state index in [9.17, 15) is 22.8 Å². The monoisotopic (exact) mass is 531 g/mol. The van der Waals surface area contributed by atoms with Crippen LogP contribution in [-0.2, 0) is 29.1 Å². The minimum absolute atomic E-state index is 0.0220. The van der Waals surface area contributed by atoms with Gasteiger partial charge in [-0.25, -0.2) is 8.42 Å². The van der Waals surface area contributed by atoms with Crippen molar-refractivity contribution < 1.29 is 27.5 Å². The van der Waals surface area contributed by atoms with E-state index in [4.69, 9.17) is 15.9 Å². The van der Waals surface area contributed by atoms with Crippen LogP contribution < -0.4 is 20.7 Å². The van der Waals surface area contributed by atoms with Gasteiger partial charge >= 0.3 is 5.97 Å². The second kappa shape index (κ2) is 12.3. The van der Waals surface area contributed by atoms with Crippen molar-refractivity contribution in [2.24, 2.45) is 5.73 Å². The molecule has 1 aliphatic rings. The van der Waals surface area contributed by atoms with Crippen LogP contribution in [0.1, 0.15) is 12.5 Å². The maximum Gasteiger partial charge on any atom is 0.326 e. The Hall–Kier alpha value is -4.04. The third-order valence-corrected chi connectivity index (χ3v) is 6.97. The normalized spacial score (nSPS) is 14.7. The van der Waals surface area contributed by atoms with Crippen LogP contribution in [-0.4, -0.2) is 87.3 Å². The zero-order valence-electron chi connectivity index (χ0n) is 20.2. The zero-order chi connectivity index (χ0) is 27.0. The number of carbonyl (C=O) groups excluding carboxylic acids is 3. The molecule has 37 heavy (non-hydrogen) atoms. The summed E-state index contributed by atoms with van der Waals surface area (Å²) < 4.78 is 32.4. The second-order valence-electron chi connectivity index (χ2n) is 8.12. The van der Waals surface area contributed by atoms with Gasteiger partial charge in [0.2, 0.25) is 21.8 Å². The van der Waals surface area contributed by atoms with E-state index in [1.165, 1.54) is 23.2 Å². The maximum atomic E-state index is 12.6. The number of piperazine rings is 1. The summed E-state index contributed by atoms with van der Waals surface area (Å²) in [7, 11) is -4.10. The van der Waals surface area contributed by atoms with E-state index < -0.39 is 27.9 Å². The first-order valence-electron chi connectivity index (χ1n) is 11.4. The lowest BCUT2D eigenvalue weighted by molar-refractivity contribution is -0.145. The van der Waals surface area contributed by atoms with Gasteiger partial charge in [-0.05, 0) is 43.3 Å². The summed E-state index contributed by atoms with van der Waals surface area (Å²) in [6.07, 6.45) is 2.54. The lowest BCUT2D eigenvalue weighted by Gasteiger charge is -2.35. The molecule has 3 rings (SSSR count). The Morgan fingerprint density at radius 3 is 2.54 bits per heavy atom. The van der Waals surface area contributed by atoms with Crippen molar-refractivity contribution in [2.45, 2.75) is 17.9 Å². The molecule has 2 amide bonds. The van der Waals surface area contributed by atoms with Crippen LogP contribution in [0.3, 0.4) is 0 Å². The number of nitrogens with zero attached hydrogens (tertiary/aromatic N) is 3. The quantitative estimate of drug-likeness (QED) is 0.161. The molecule has 5 N–H and O–H groups in total. The highest BCUT2D eigenvalue weighted by atomic mass is 32.2. The number of esters is 1. The smallest absolute Gasteiger partial charge is 0.326 e. The van der Waals surface area contributed by atoms with E-state index in [1.54, 1.807) is 31.2 Å². The molecule has 0 radical (unpaired) electrons. The average molecular weight is 532 g/mol. The molecule has 1 aromatic heterocycles. The van der Waals surface area contributed by atoms with Crippen molar-refractivity contribution in [3.8, 4) is 0 Å². The molecular formula is C23H29N7O6S. The third-order valence-electron chi connectivity index (χ3n) is 5.51. The Bertz CT molecular complexity index is 1240. The van der Waals surface area contributed by atoms with Crippen molar-refractivity contribution in [1.29, 1.82) is 5.41 Å². The van der Waals surface area contributed by atoms with Crippen LogP contribution in [0.5, 0.6) is 0 Å². The van der Waals surface area contributed by atoms with E-state index in [2.05, 4.69) is 15.0 Å². The number of benzene rings is 1. The fourth-order valence-corrected chi connectivity index (χ4v) is 4.72. The van der Waals surface area contributed by atoms with E-state index >= 15 is 0 Å². The van der Waals surface area contributed by atoms with Crippen LogP contribution in [0.25, 0.3) is 0 Å². The first kappa shape index (κ1) is 27.5. The number of nitrogens with one attached hydrogen (secondary N) is 3. The van der Waals surface area contributed by atoms with Gasteiger partial charge in [-0.2, -0.15) is 4.72 Å². The molecule has 1 aromatic carbocycles. The van der Waals surface area contributed by atoms with Crippen molar-refractivity contribution >= 4 is 39.3 Å². The van der Waals surface area contributed by atoms with Crippen LogP contribution in [0.15, 0.2) is 53.7 Å². The van der Waals surface area contributed by atoms with Gasteiger partial charge in [0, 0.05) is 43.3 Å². The first-order valence-corrected chi connectivity index (χ1v) is 12.9. The molecule has 1 fully saturated rings. The minimum Gasteiger partial charge on any atom is -0.465 e. The SMILES string of the molecule is CCOC(=O)C(CNC(=O)CN1CCN(c2ccc(C(=N)N)cc2)CC1=O)NS(=O)(=O)c1cccnc1. The number of rotatable bonds is 11. The molecule has 0 bridgehead atoms. The molecule has 14 heteroatoms. The second-order valence-corrected chi connectivity index (χ2v) is 9.83. The number of hydrogen-bond donors (Lipinski definition) is 4. The van der Waals surface area contributed by atoms with E-state index in [0.717, 1.165) is 11.9 Å². The fourth-order valence-electron chi connectivity index (χ4n) is 3.57. The molecule has 0 saturated carbocycles. The number of sulfonamides is 1. The average Bonchev–Trinajstić information content (AvgIpc) is 2.88. The van der Waals surface area contributed by atoms with Crippen molar-refractivity contribution in [3.63, 3.8) is 0 Å². The lowest BCUT2D eigenvalue weighted by atomic mass is 10.1. The lowest BCUT2D eigenvalue weighted by Crippen LogP contribution is -2.54. The van der Waals surface area contributed by atoms with Gasteiger partial charge in [-0.1, -0.05) is 0 Å². The van der Waals surface area contributed by atoms with Crippen LogP contribution in [0.4, 0.5) is 5.69 Å². The standard InChI is InChI=1S/C23H29N7O6S/c1-2-36-23(33)19(28-37(34,35)18-4-3-9-26-12-18)13-27-20(31)14-30-11-10-29(15-21(30)32)17-7-5-16(6-8-17)22(24)25/h3-9,12,19,28H,2,10-11,13-15H2,1H3,(H3,24,25)(H,27,31). The molecule has 2 heterocycles. The Morgan fingerprint density at radius 1 is 1.22 bits per heavy atom. The van der Waals surface area contributed by atoms with E-state index in [1.807, 2.05) is 4.90 Å². The number of hydrogen-bond acceptors (Lipinski definition) is 9. The minimum atomic E-state index is -4.10. The van der Waals surface area contributed by atoms with Crippen molar-refractivity contribution in [1.82, 2.24) is 19.9 Å². The first-order chi connectivity index (χ1) is 17.6. The molecule has 1 aliphatic heterocycles. The molecule has 1 unspecified atom stereocenters. The number of aromatic nitrogens is 1. The Kier molecular flexibility index (Phi) is 9.14. The predicted molar refractivity (Wildman–Crippen MR) is 134 cm³/mol. The van der Waals surface area contributed by atoms with Gasteiger partial charge < -0.3 is 25.6 Å². The molecule has 198 valence electrons. The molecule has 13 nitrogen and oxygen atoms in total. The summed E-state index contributed by atoms with van der Waals surface area (Å²) in [5, 5.41) is 9.97. The van der Waals surface area contributed by atoms with Crippen molar-refractivity contribution in [3.05, 3.63) is 54.4 Å². The molecule has 1 atom stereocenters. The van der Waals surface area contributed by atoms with E-state index in [0.29, 0.717) is 12.1 Å².